The van der Waals surface area contributed by atoms with Crippen molar-refractivity contribution < 1.29 is 0 Å². The number of halogens is 1. The lowest BCUT2D eigenvalue weighted by Crippen LogP contribution is -1.94. The molecule has 3 nitrogen and oxygen atoms in total. The third-order valence-corrected chi connectivity index (χ3v) is 4.17. The van der Waals surface area contributed by atoms with Gasteiger partial charge in [0.1, 0.15) is 6.33 Å². The van der Waals surface area contributed by atoms with Crippen LogP contribution in [0, 0.1) is 0 Å². The van der Waals surface area contributed by atoms with Gasteiger partial charge in [0.05, 0.1) is 0 Å². The van der Waals surface area contributed by atoms with Crippen LogP contribution in [0.3, 0.4) is 0 Å². The highest BCUT2D eigenvalue weighted by molar-refractivity contribution is 7.98. The normalized spacial score (nSPS) is 15.1. The van der Waals surface area contributed by atoms with Gasteiger partial charge in [0.15, 0.2) is 5.16 Å². The number of nitrogens with zero attached hydrogens (tertiary/aromatic N) is 3. The standard InChI is InChI=1S/C12H12ClN3S/c13-11-4-2-1-3-9(11)7-17-12-15-14-8-16(12)10-5-6-10/h1-4,8,10H,5-7H2. The van der Waals surface area contributed by atoms with E-state index < -0.39 is 0 Å². The van der Waals surface area contributed by atoms with Crippen LogP contribution in [0.2, 0.25) is 5.02 Å². The zero-order valence-corrected chi connectivity index (χ0v) is 10.8. The lowest BCUT2D eigenvalue weighted by atomic mass is 10.2. The van der Waals surface area contributed by atoms with Gasteiger partial charge in [0.2, 0.25) is 0 Å². The first-order chi connectivity index (χ1) is 8.34. The molecule has 1 fully saturated rings. The molecule has 0 radical (unpaired) electrons. The van der Waals surface area contributed by atoms with Crippen LogP contribution in [0.1, 0.15) is 24.4 Å². The first kappa shape index (κ1) is 11.1. The molecular weight excluding hydrogens is 254 g/mol. The predicted molar refractivity (Wildman–Crippen MR) is 69.3 cm³/mol. The predicted octanol–water partition coefficient (Wildman–Crippen LogP) is 3.56. The highest BCUT2D eigenvalue weighted by Gasteiger charge is 2.26. The van der Waals surface area contributed by atoms with Gasteiger partial charge < -0.3 is 4.57 Å². The van der Waals surface area contributed by atoms with Crippen molar-refractivity contribution in [3.63, 3.8) is 0 Å². The zero-order valence-electron chi connectivity index (χ0n) is 9.21. The van der Waals surface area contributed by atoms with E-state index in [1.54, 1.807) is 11.8 Å². The Balaban J connectivity index is 1.71. The van der Waals surface area contributed by atoms with Crippen molar-refractivity contribution in [3.8, 4) is 0 Å². The van der Waals surface area contributed by atoms with Crippen molar-refractivity contribution >= 4 is 23.4 Å². The Hall–Kier alpha value is -1.00. The third kappa shape index (κ3) is 2.48. The molecule has 0 amide bonds. The summed E-state index contributed by atoms with van der Waals surface area (Å²) in [5, 5.41) is 9.94. The first-order valence-electron chi connectivity index (χ1n) is 5.60. The van der Waals surface area contributed by atoms with Crippen molar-refractivity contribution in [2.24, 2.45) is 0 Å². The number of aromatic nitrogens is 3. The van der Waals surface area contributed by atoms with Crippen molar-refractivity contribution in [1.29, 1.82) is 0 Å². The Morgan fingerprint density at radius 2 is 2.18 bits per heavy atom. The van der Waals surface area contributed by atoms with Crippen LogP contribution in [0.4, 0.5) is 0 Å². The molecule has 5 heteroatoms. The highest BCUT2D eigenvalue weighted by Crippen LogP contribution is 2.38. The van der Waals surface area contributed by atoms with Crippen LogP contribution in [0.15, 0.2) is 35.7 Å². The number of hydrogen-bond acceptors (Lipinski definition) is 3. The van der Waals surface area contributed by atoms with E-state index in [-0.39, 0.29) is 0 Å². The summed E-state index contributed by atoms with van der Waals surface area (Å²) >= 11 is 7.82. The molecule has 0 saturated heterocycles. The van der Waals surface area contributed by atoms with Crippen molar-refractivity contribution in [2.75, 3.05) is 0 Å². The molecule has 0 bridgehead atoms. The Bertz CT molecular complexity index is 522. The molecular formula is C12H12ClN3S. The van der Waals surface area contributed by atoms with E-state index >= 15 is 0 Å². The lowest BCUT2D eigenvalue weighted by molar-refractivity contribution is 0.663. The van der Waals surface area contributed by atoms with Gasteiger partial charge >= 0.3 is 0 Å². The van der Waals surface area contributed by atoms with Crippen LogP contribution < -0.4 is 0 Å². The van der Waals surface area contributed by atoms with Crippen LogP contribution >= 0.6 is 23.4 Å². The molecule has 17 heavy (non-hydrogen) atoms. The maximum atomic E-state index is 6.12. The van der Waals surface area contributed by atoms with E-state index in [4.69, 9.17) is 11.6 Å². The lowest BCUT2D eigenvalue weighted by Gasteiger charge is -2.05. The van der Waals surface area contributed by atoms with Gasteiger partial charge in [-0.1, -0.05) is 41.6 Å². The largest absolute Gasteiger partial charge is 0.306 e. The molecule has 0 unspecified atom stereocenters. The molecule has 0 atom stereocenters. The van der Waals surface area contributed by atoms with Crippen LogP contribution in [0.5, 0.6) is 0 Å². The fourth-order valence-corrected chi connectivity index (χ4v) is 2.96. The van der Waals surface area contributed by atoms with Crippen LogP contribution in [0.25, 0.3) is 0 Å². The van der Waals surface area contributed by atoms with Gasteiger partial charge in [-0.3, -0.25) is 0 Å². The van der Waals surface area contributed by atoms with Gasteiger partial charge in [-0.15, -0.1) is 10.2 Å². The summed E-state index contributed by atoms with van der Waals surface area (Å²) in [6.45, 7) is 0. The van der Waals surface area contributed by atoms with E-state index in [0.29, 0.717) is 6.04 Å². The number of benzene rings is 1. The molecule has 1 heterocycles. The molecule has 0 aliphatic heterocycles. The minimum atomic E-state index is 0.624. The fraction of sp³-hybridized carbons (Fsp3) is 0.333. The highest BCUT2D eigenvalue weighted by atomic mass is 35.5. The second-order valence-corrected chi connectivity index (χ2v) is 5.48. The van der Waals surface area contributed by atoms with Gasteiger partial charge in [-0.05, 0) is 24.5 Å². The van der Waals surface area contributed by atoms with Crippen LogP contribution in [-0.4, -0.2) is 14.8 Å². The molecule has 0 N–H and O–H groups in total. The number of hydrogen-bond donors (Lipinski definition) is 0. The molecule has 1 aliphatic carbocycles. The summed E-state index contributed by atoms with van der Waals surface area (Å²) in [7, 11) is 0. The Morgan fingerprint density at radius 1 is 1.35 bits per heavy atom. The molecule has 1 saturated carbocycles. The average molecular weight is 266 g/mol. The Labute approximate surface area is 109 Å². The summed E-state index contributed by atoms with van der Waals surface area (Å²) in [6.07, 6.45) is 4.32. The summed E-state index contributed by atoms with van der Waals surface area (Å²) < 4.78 is 2.17. The Morgan fingerprint density at radius 3 is 2.94 bits per heavy atom. The summed E-state index contributed by atoms with van der Waals surface area (Å²) in [4.78, 5) is 0. The molecule has 3 rings (SSSR count). The van der Waals surface area contributed by atoms with E-state index in [1.165, 1.54) is 12.8 Å². The first-order valence-corrected chi connectivity index (χ1v) is 6.96. The van der Waals surface area contributed by atoms with Crippen molar-refractivity contribution in [1.82, 2.24) is 14.8 Å². The molecule has 1 aliphatic rings. The second kappa shape index (κ2) is 4.70. The average Bonchev–Trinajstić information content (AvgIpc) is 3.08. The van der Waals surface area contributed by atoms with Crippen LogP contribution in [-0.2, 0) is 5.75 Å². The third-order valence-electron chi connectivity index (χ3n) is 2.80. The minimum absolute atomic E-state index is 0.624. The van der Waals surface area contributed by atoms with Gasteiger partial charge in [-0.2, -0.15) is 0 Å². The van der Waals surface area contributed by atoms with E-state index in [0.717, 1.165) is 21.5 Å². The molecule has 88 valence electrons. The monoisotopic (exact) mass is 265 g/mol. The van der Waals surface area contributed by atoms with E-state index in [2.05, 4.69) is 14.8 Å². The quantitative estimate of drug-likeness (QED) is 0.792. The fourth-order valence-electron chi connectivity index (χ4n) is 1.70. The van der Waals surface area contributed by atoms with Gasteiger partial charge in [-0.25, -0.2) is 0 Å². The topological polar surface area (TPSA) is 30.7 Å². The molecule has 1 aromatic carbocycles. The maximum absolute atomic E-state index is 6.12. The number of rotatable bonds is 4. The van der Waals surface area contributed by atoms with E-state index in [1.807, 2.05) is 30.6 Å². The Kier molecular flexibility index (Phi) is 3.07. The van der Waals surface area contributed by atoms with E-state index in [9.17, 15) is 0 Å². The zero-order chi connectivity index (χ0) is 11.7. The second-order valence-electron chi connectivity index (χ2n) is 4.13. The summed E-state index contributed by atoms with van der Waals surface area (Å²) in [5.41, 5.74) is 1.14. The SMILES string of the molecule is Clc1ccccc1CSc1nncn1C1CC1. The van der Waals surface area contributed by atoms with Gasteiger partial charge in [0, 0.05) is 16.8 Å². The number of thioether (sulfide) groups is 1. The smallest absolute Gasteiger partial charge is 0.191 e. The molecule has 0 spiro atoms. The maximum Gasteiger partial charge on any atom is 0.191 e. The molecule has 2 aromatic rings. The van der Waals surface area contributed by atoms with Gasteiger partial charge in [0.25, 0.3) is 0 Å². The van der Waals surface area contributed by atoms with Crippen molar-refractivity contribution in [2.45, 2.75) is 29.8 Å². The minimum Gasteiger partial charge on any atom is -0.306 e. The molecule has 1 aromatic heterocycles. The summed E-state index contributed by atoms with van der Waals surface area (Å²) in [5.74, 6) is 0.838. The summed E-state index contributed by atoms with van der Waals surface area (Å²) in [6, 6.07) is 8.55. The van der Waals surface area contributed by atoms with Crippen molar-refractivity contribution in [3.05, 3.63) is 41.2 Å².